The van der Waals surface area contributed by atoms with Crippen LogP contribution in [-0.4, -0.2) is 17.6 Å². The summed E-state index contributed by atoms with van der Waals surface area (Å²) in [5.41, 5.74) is 1.40. The summed E-state index contributed by atoms with van der Waals surface area (Å²) in [6.45, 7) is 5.53. The summed E-state index contributed by atoms with van der Waals surface area (Å²) >= 11 is 0. The van der Waals surface area contributed by atoms with Gasteiger partial charge in [-0.15, -0.1) is 0 Å². The minimum absolute atomic E-state index is 0.253. The summed E-state index contributed by atoms with van der Waals surface area (Å²) in [5.74, 6) is -0.311. The molecule has 0 aliphatic carbocycles. The first kappa shape index (κ1) is 8.59. The molecule has 1 heterocycles. The van der Waals surface area contributed by atoms with E-state index in [1.54, 1.807) is 18.3 Å². The summed E-state index contributed by atoms with van der Waals surface area (Å²) < 4.78 is 4.84. The van der Waals surface area contributed by atoms with Crippen LogP contribution in [0.3, 0.4) is 0 Å². The zero-order chi connectivity index (χ0) is 8.97. The Hall–Kier alpha value is -1.51. The van der Waals surface area contributed by atoms with Crippen LogP contribution in [0.4, 0.5) is 0 Å². The fourth-order valence-corrected chi connectivity index (χ4v) is 0.886. The molecule has 64 valence electrons. The van der Waals surface area contributed by atoms with Gasteiger partial charge in [0.25, 0.3) is 0 Å². The van der Waals surface area contributed by atoms with Crippen molar-refractivity contribution in [3.63, 3.8) is 0 Å². The first-order chi connectivity index (χ1) is 5.75. The number of H-pyrrole nitrogens is 1. The molecule has 0 aromatic carbocycles. The largest absolute Gasteiger partial charge is 0.458 e. The Kier molecular flexibility index (Phi) is 2.69. The minimum atomic E-state index is -0.311. The third kappa shape index (κ3) is 1.75. The zero-order valence-corrected chi connectivity index (χ0v) is 6.96. The van der Waals surface area contributed by atoms with Crippen LogP contribution in [0.25, 0.3) is 0 Å². The van der Waals surface area contributed by atoms with Crippen molar-refractivity contribution in [3.8, 4) is 0 Å². The second-order valence-electron chi connectivity index (χ2n) is 2.40. The Morgan fingerprint density at radius 2 is 2.58 bits per heavy atom. The molecule has 1 aromatic rings. The van der Waals surface area contributed by atoms with Gasteiger partial charge in [-0.25, -0.2) is 4.79 Å². The Morgan fingerprint density at radius 3 is 3.08 bits per heavy atom. The highest BCUT2D eigenvalue weighted by Crippen LogP contribution is 2.06. The Bertz CT molecular complexity index is 288. The van der Waals surface area contributed by atoms with Crippen LogP contribution in [0.2, 0.25) is 0 Å². The highest BCUT2D eigenvalue weighted by Gasteiger charge is 2.09. The molecule has 0 unspecified atom stereocenters. The van der Waals surface area contributed by atoms with Gasteiger partial charge in [-0.1, -0.05) is 12.7 Å². The van der Waals surface area contributed by atoms with Crippen molar-refractivity contribution in [3.05, 3.63) is 36.2 Å². The molecule has 0 aliphatic rings. The van der Waals surface area contributed by atoms with Crippen molar-refractivity contribution in [1.29, 1.82) is 0 Å². The van der Waals surface area contributed by atoms with E-state index in [1.807, 2.05) is 6.92 Å². The lowest BCUT2D eigenvalue weighted by Crippen LogP contribution is -2.05. The van der Waals surface area contributed by atoms with Gasteiger partial charge in [0.15, 0.2) is 0 Å². The normalized spacial score (nSPS) is 9.42. The lowest BCUT2D eigenvalue weighted by molar-refractivity contribution is 0.0549. The number of hydrogen-bond donors (Lipinski definition) is 1. The molecule has 0 atom stereocenters. The molecule has 3 nitrogen and oxygen atoms in total. The number of aromatic nitrogens is 1. The van der Waals surface area contributed by atoms with E-state index in [-0.39, 0.29) is 12.6 Å². The number of carbonyl (C=O) groups excluding carboxylic acids is 1. The van der Waals surface area contributed by atoms with Crippen LogP contribution in [0.15, 0.2) is 24.9 Å². The van der Waals surface area contributed by atoms with E-state index in [4.69, 9.17) is 4.74 Å². The SMILES string of the molecule is C=CCOC(=O)c1cc[nH]c1C. The third-order valence-corrected chi connectivity index (χ3v) is 1.51. The molecule has 1 aromatic heterocycles. The van der Waals surface area contributed by atoms with Crippen molar-refractivity contribution in [1.82, 2.24) is 4.98 Å². The molecular weight excluding hydrogens is 154 g/mol. The standard InChI is InChI=1S/C9H11NO2/c1-3-6-12-9(11)8-4-5-10-7(8)2/h3-5,10H,1,6H2,2H3. The summed E-state index contributed by atoms with van der Waals surface area (Å²) in [5, 5.41) is 0. The number of aryl methyl sites for hydroxylation is 1. The lowest BCUT2D eigenvalue weighted by Gasteiger charge is -1.99. The van der Waals surface area contributed by atoms with Crippen molar-refractivity contribution in [2.24, 2.45) is 0 Å². The van der Waals surface area contributed by atoms with Gasteiger partial charge in [-0.05, 0) is 13.0 Å². The van der Waals surface area contributed by atoms with Crippen molar-refractivity contribution >= 4 is 5.97 Å². The number of rotatable bonds is 3. The number of carbonyl (C=O) groups is 1. The fourth-order valence-electron chi connectivity index (χ4n) is 0.886. The molecule has 0 radical (unpaired) electrons. The molecule has 0 aliphatic heterocycles. The average molecular weight is 165 g/mol. The fraction of sp³-hybridized carbons (Fsp3) is 0.222. The van der Waals surface area contributed by atoms with Crippen LogP contribution in [0.5, 0.6) is 0 Å². The number of hydrogen-bond acceptors (Lipinski definition) is 2. The first-order valence-electron chi connectivity index (χ1n) is 3.67. The maximum Gasteiger partial charge on any atom is 0.340 e. The molecule has 0 fully saturated rings. The molecule has 0 saturated heterocycles. The number of esters is 1. The second kappa shape index (κ2) is 3.76. The minimum Gasteiger partial charge on any atom is -0.458 e. The molecule has 12 heavy (non-hydrogen) atoms. The van der Waals surface area contributed by atoms with Gasteiger partial charge in [0.1, 0.15) is 6.61 Å². The Morgan fingerprint density at radius 1 is 1.83 bits per heavy atom. The molecule has 0 amide bonds. The number of aromatic amines is 1. The number of ether oxygens (including phenoxy) is 1. The average Bonchev–Trinajstić information content (AvgIpc) is 2.47. The first-order valence-corrected chi connectivity index (χ1v) is 3.67. The summed E-state index contributed by atoms with van der Waals surface area (Å²) in [6, 6.07) is 1.70. The van der Waals surface area contributed by atoms with E-state index in [2.05, 4.69) is 11.6 Å². The third-order valence-electron chi connectivity index (χ3n) is 1.51. The summed E-state index contributed by atoms with van der Waals surface area (Å²) in [7, 11) is 0. The zero-order valence-electron chi connectivity index (χ0n) is 6.96. The molecule has 0 bridgehead atoms. The maximum absolute atomic E-state index is 11.2. The predicted molar refractivity (Wildman–Crippen MR) is 46.0 cm³/mol. The van der Waals surface area contributed by atoms with Crippen LogP contribution in [0.1, 0.15) is 16.1 Å². The lowest BCUT2D eigenvalue weighted by atomic mass is 10.2. The van der Waals surface area contributed by atoms with Gasteiger partial charge in [-0.3, -0.25) is 0 Å². The Labute approximate surface area is 71.1 Å². The van der Waals surface area contributed by atoms with Crippen LogP contribution in [-0.2, 0) is 4.74 Å². The molecule has 0 saturated carbocycles. The monoisotopic (exact) mass is 165 g/mol. The predicted octanol–water partition coefficient (Wildman–Crippen LogP) is 1.67. The van der Waals surface area contributed by atoms with E-state index in [0.717, 1.165) is 5.69 Å². The topological polar surface area (TPSA) is 42.1 Å². The van der Waals surface area contributed by atoms with E-state index < -0.39 is 0 Å². The highest BCUT2D eigenvalue weighted by atomic mass is 16.5. The van der Waals surface area contributed by atoms with Crippen molar-refractivity contribution in [2.45, 2.75) is 6.92 Å². The Balaban J connectivity index is 2.65. The van der Waals surface area contributed by atoms with E-state index in [0.29, 0.717) is 5.56 Å². The van der Waals surface area contributed by atoms with E-state index in [9.17, 15) is 4.79 Å². The molecule has 3 heteroatoms. The van der Waals surface area contributed by atoms with E-state index in [1.165, 1.54) is 0 Å². The summed E-state index contributed by atoms with van der Waals surface area (Å²) in [6.07, 6.45) is 3.25. The maximum atomic E-state index is 11.2. The van der Waals surface area contributed by atoms with E-state index >= 15 is 0 Å². The van der Waals surface area contributed by atoms with Crippen LogP contribution < -0.4 is 0 Å². The van der Waals surface area contributed by atoms with Crippen LogP contribution >= 0.6 is 0 Å². The van der Waals surface area contributed by atoms with Gasteiger partial charge in [0.2, 0.25) is 0 Å². The summed E-state index contributed by atoms with van der Waals surface area (Å²) in [4.78, 5) is 14.1. The quantitative estimate of drug-likeness (QED) is 0.546. The second-order valence-corrected chi connectivity index (χ2v) is 2.40. The van der Waals surface area contributed by atoms with Gasteiger partial charge in [0.05, 0.1) is 5.56 Å². The van der Waals surface area contributed by atoms with Crippen molar-refractivity contribution < 1.29 is 9.53 Å². The van der Waals surface area contributed by atoms with Gasteiger partial charge >= 0.3 is 5.97 Å². The smallest absolute Gasteiger partial charge is 0.340 e. The van der Waals surface area contributed by atoms with Crippen LogP contribution in [0, 0.1) is 6.92 Å². The number of nitrogens with one attached hydrogen (secondary N) is 1. The molecule has 1 rings (SSSR count). The highest BCUT2D eigenvalue weighted by molar-refractivity contribution is 5.90. The van der Waals surface area contributed by atoms with Crippen molar-refractivity contribution in [2.75, 3.05) is 6.61 Å². The molecular formula is C9H11NO2. The molecule has 0 spiro atoms. The molecule has 1 N–H and O–H groups in total. The van der Waals surface area contributed by atoms with Gasteiger partial charge < -0.3 is 9.72 Å². The van der Waals surface area contributed by atoms with Gasteiger partial charge in [-0.2, -0.15) is 0 Å². The van der Waals surface area contributed by atoms with Gasteiger partial charge in [0, 0.05) is 11.9 Å².